The van der Waals surface area contributed by atoms with Gasteiger partial charge in [-0.05, 0) is 37.0 Å². The van der Waals surface area contributed by atoms with Crippen molar-refractivity contribution in [2.24, 2.45) is 11.8 Å². The lowest BCUT2D eigenvalue weighted by molar-refractivity contribution is -0.140. The van der Waals surface area contributed by atoms with Gasteiger partial charge in [0, 0.05) is 49.2 Å². The monoisotopic (exact) mass is 421 g/mol. The molecule has 7 heteroatoms. The number of carbonyl (C=O) groups is 2. The van der Waals surface area contributed by atoms with Crippen LogP contribution in [0.3, 0.4) is 0 Å². The van der Waals surface area contributed by atoms with E-state index >= 15 is 0 Å². The highest BCUT2D eigenvalue weighted by atomic mass is 16.3. The van der Waals surface area contributed by atoms with Gasteiger partial charge in [0.05, 0.1) is 6.04 Å². The van der Waals surface area contributed by atoms with Gasteiger partial charge in [0.15, 0.2) is 0 Å². The Kier molecular flexibility index (Phi) is 4.93. The van der Waals surface area contributed by atoms with E-state index in [1.54, 1.807) is 15.5 Å². The van der Waals surface area contributed by atoms with Gasteiger partial charge in [-0.25, -0.2) is 0 Å². The van der Waals surface area contributed by atoms with Crippen molar-refractivity contribution in [3.63, 3.8) is 0 Å². The fraction of sp³-hybridized carbons (Fsp3) is 0.458. The Hall–Kier alpha value is -2.93. The van der Waals surface area contributed by atoms with E-state index in [4.69, 9.17) is 0 Å². The van der Waals surface area contributed by atoms with Crippen molar-refractivity contribution in [2.45, 2.75) is 50.9 Å². The van der Waals surface area contributed by atoms with Crippen LogP contribution in [0.5, 0.6) is 0 Å². The van der Waals surface area contributed by atoms with Crippen LogP contribution in [0.1, 0.15) is 37.9 Å². The molecule has 0 spiro atoms. The molecule has 1 aliphatic carbocycles. The minimum Gasteiger partial charge on any atom is -0.396 e. The van der Waals surface area contributed by atoms with Crippen LogP contribution in [0.2, 0.25) is 0 Å². The summed E-state index contributed by atoms with van der Waals surface area (Å²) in [6.45, 7) is 1.64. The van der Waals surface area contributed by atoms with Crippen molar-refractivity contribution in [1.29, 1.82) is 0 Å². The van der Waals surface area contributed by atoms with Gasteiger partial charge in [0.25, 0.3) is 5.56 Å². The van der Waals surface area contributed by atoms with Gasteiger partial charge in [-0.3, -0.25) is 14.4 Å². The molecule has 2 aliphatic heterocycles. The number of carbonyl (C=O) groups excluding carboxylic acids is 2. The van der Waals surface area contributed by atoms with E-state index in [0.29, 0.717) is 12.1 Å². The molecule has 1 saturated heterocycles. The second kappa shape index (κ2) is 7.64. The van der Waals surface area contributed by atoms with Gasteiger partial charge in [-0.15, -0.1) is 0 Å². The molecule has 162 valence electrons. The zero-order valence-corrected chi connectivity index (χ0v) is 17.5. The topological polar surface area (TPSA) is 91.6 Å². The summed E-state index contributed by atoms with van der Waals surface area (Å²) in [5.74, 6) is -0.992. The van der Waals surface area contributed by atoms with Gasteiger partial charge in [-0.1, -0.05) is 30.3 Å². The summed E-state index contributed by atoms with van der Waals surface area (Å²) in [5, 5.41) is 13.3. The van der Waals surface area contributed by atoms with E-state index in [0.717, 1.165) is 30.5 Å². The third-order valence-corrected chi connectivity index (χ3v) is 7.24. The number of fused-ring (bicyclic) bond motifs is 3. The first-order valence-electron chi connectivity index (χ1n) is 11.0. The minimum atomic E-state index is -0.712. The van der Waals surface area contributed by atoms with Gasteiger partial charge >= 0.3 is 0 Å². The molecule has 1 saturated carbocycles. The van der Waals surface area contributed by atoms with Crippen LogP contribution in [0, 0.1) is 11.8 Å². The molecule has 5 rings (SSSR count). The lowest BCUT2D eigenvalue weighted by Crippen LogP contribution is -2.53. The molecule has 0 unspecified atom stereocenters. The van der Waals surface area contributed by atoms with Crippen LogP contribution in [0.4, 0.5) is 0 Å². The van der Waals surface area contributed by atoms with Crippen molar-refractivity contribution in [3.05, 3.63) is 58.5 Å². The highest BCUT2D eigenvalue weighted by Gasteiger charge is 2.56. The largest absolute Gasteiger partial charge is 0.396 e. The average Bonchev–Trinajstić information content (AvgIpc) is 3.26. The van der Waals surface area contributed by atoms with Crippen molar-refractivity contribution in [1.82, 2.24) is 14.8 Å². The number of benzene rings is 1. The fourth-order valence-corrected chi connectivity index (χ4v) is 5.53. The molecule has 0 radical (unpaired) electrons. The number of nitrogens with zero attached hydrogens (tertiary/aromatic N) is 2. The van der Waals surface area contributed by atoms with Crippen LogP contribution < -0.4 is 10.9 Å². The molecule has 2 amide bonds. The van der Waals surface area contributed by atoms with Crippen molar-refractivity contribution >= 4 is 11.8 Å². The lowest BCUT2D eigenvalue weighted by Gasteiger charge is -2.33. The SMILES string of the molecule is CC(=O)N1[C@@H]2c3ccc(-c4ccccc4)c(=O)n3C[C@@H]2[C@@H](CO)[C@@H]1C(=O)NC1CCC1. The maximum Gasteiger partial charge on any atom is 0.258 e. The Bertz CT molecular complexity index is 1080. The molecular weight excluding hydrogens is 394 g/mol. The maximum absolute atomic E-state index is 13.3. The second-order valence-electron chi connectivity index (χ2n) is 8.92. The van der Waals surface area contributed by atoms with Crippen LogP contribution in [-0.4, -0.2) is 45.1 Å². The highest BCUT2D eigenvalue weighted by Crippen LogP contribution is 2.49. The van der Waals surface area contributed by atoms with Gasteiger partial charge in [-0.2, -0.15) is 0 Å². The summed E-state index contributed by atoms with van der Waals surface area (Å²) in [4.78, 5) is 40.7. The Labute approximate surface area is 180 Å². The predicted octanol–water partition coefficient (Wildman–Crippen LogP) is 1.69. The highest BCUT2D eigenvalue weighted by molar-refractivity contribution is 5.88. The third kappa shape index (κ3) is 3.10. The first kappa shape index (κ1) is 20.0. The number of amides is 2. The van der Waals surface area contributed by atoms with Crippen LogP contribution in [0.15, 0.2) is 47.3 Å². The smallest absolute Gasteiger partial charge is 0.258 e. The average molecular weight is 421 g/mol. The van der Waals surface area contributed by atoms with Crippen molar-refractivity contribution in [2.75, 3.05) is 6.61 Å². The zero-order valence-electron chi connectivity index (χ0n) is 17.5. The summed E-state index contributed by atoms with van der Waals surface area (Å²) in [5.41, 5.74) is 2.09. The molecule has 2 N–H and O–H groups in total. The van der Waals surface area contributed by atoms with Gasteiger partial charge < -0.3 is 19.9 Å². The van der Waals surface area contributed by atoms with E-state index in [-0.39, 0.29) is 42.0 Å². The molecule has 7 nitrogen and oxygen atoms in total. The number of aromatic nitrogens is 1. The van der Waals surface area contributed by atoms with Gasteiger partial charge in [0.2, 0.25) is 11.8 Å². The van der Waals surface area contributed by atoms with Crippen LogP contribution in [0.25, 0.3) is 11.1 Å². The first-order chi connectivity index (χ1) is 15.0. The summed E-state index contributed by atoms with van der Waals surface area (Å²) in [6, 6.07) is 12.3. The zero-order chi connectivity index (χ0) is 21.7. The first-order valence-corrected chi connectivity index (χ1v) is 11.0. The number of aliphatic hydroxyl groups is 1. The van der Waals surface area contributed by atoms with Crippen LogP contribution >= 0.6 is 0 Å². The number of nitrogens with one attached hydrogen (secondary N) is 1. The molecule has 3 aliphatic rings. The quantitative estimate of drug-likeness (QED) is 0.786. The van der Waals surface area contributed by atoms with E-state index in [1.165, 1.54) is 6.92 Å². The van der Waals surface area contributed by atoms with Crippen molar-refractivity contribution < 1.29 is 14.7 Å². The summed E-state index contributed by atoms with van der Waals surface area (Å²) >= 11 is 0. The molecule has 2 fully saturated rings. The fourth-order valence-electron chi connectivity index (χ4n) is 5.53. The number of likely N-dealkylation sites (tertiary alicyclic amines) is 1. The van der Waals surface area contributed by atoms with E-state index in [9.17, 15) is 19.5 Å². The number of rotatable bonds is 4. The van der Waals surface area contributed by atoms with Crippen molar-refractivity contribution in [3.8, 4) is 11.1 Å². The molecule has 31 heavy (non-hydrogen) atoms. The second-order valence-corrected chi connectivity index (χ2v) is 8.92. The lowest BCUT2D eigenvalue weighted by atomic mass is 9.87. The number of pyridine rings is 1. The van der Waals surface area contributed by atoms with E-state index in [2.05, 4.69) is 5.32 Å². The standard InChI is InChI=1S/C24H27N3O4/c1-14(29)27-21-18(19(13-28)22(27)23(30)25-16-8-5-9-16)12-26-20(21)11-10-17(24(26)31)15-6-3-2-4-7-15/h2-4,6-7,10-11,16,18-19,21-22,28H,5,8-9,12-13H2,1H3,(H,25,30)/t18-,19-,21+,22-/m1/s1. The molecule has 2 aromatic rings. The summed E-state index contributed by atoms with van der Waals surface area (Å²) in [7, 11) is 0. The minimum absolute atomic E-state index is 0.103. The Morgan fingerprint density at radius 2 is 1.87 bits per heavy atom. The number of aliphatic hydroxyl groups excluding tert-OH is 1. The predicted molar refractivity (Wildman–Crippen MR) is 115 cm³/mol. The molecule has 3 heterocycles. The number of hydrogen-bond donors (Lipinski definition) is 2. The summed E-state index contributed by atoms with van der Waals surface area (Å²) < 4.78 is 1.72. The van der Waals surface area contributed by atoms with E-state index < -0.39 is 12.0 Å². The Balaban J connectivity index is 1.54. The Morgan fingerprint density at radius 3 is 2.48 bits per heavy atom. The molecule has 4 atom stereocenters. The summed E-state index contributed by atoms with van der Waals surface area (Å²) in [6.07, 6.45) is 3.01. The van der Waals surface area contributed by atoms with Gasteiger partial charge in [0.1, 0.15) is 6.04 Å². The molecule has 1 aromatic carbocycles. The Morgan fingerprint density at radius 1 is 1.13 bits per heavy atom. The third-order valence-electron chi connectivity index (χ3n) is 7.24. The molecule has 1 aromatic heterocycles. The van der Waals surface area contributed by atoms with Crippen LogP contribution in [-0.2, 0) is 16.1 Å². The number of hydrogen-bond acceptors (Lipinski definition) is 4. The normalized spacial score (nSPS) is 26.8. The molecular formula is C24H27N3O4. The maximum atomic E-state index is 13.3. The van der Waals surface area contributed by atoms with E-state index in [1.807, 2.05) is 36.4 Å². The molecule has 0 bridgehead atoms.